The zero-order valence-corrected chi connectivity index (χ0v) is 20.5. The number of halogens is 2. The summed E-state index contributed by atoms with van der Waals surface area (Å²) in [5.41, 5.74) is 2.78. The van der Waals surface area contributed by atoms with Crippen molar-refractivity contribution in [2.24, 2.45) is 7.05 Å². The molecule has 0 spiro atoms. The van der Waals surface area contributed by atoms with Crippen LogP contribution in [0.3, 0.4) is 0 Å². The molecule has 0 aromatic carbocycles. The third kappa shape index (κ3) is 4.65. The summed E-state index contributed by atoms with van der Waals surface area (Å²) in [5.74, 6) is 0. The third-order valence-electron chi connectivity index (χ3n) is 7.17. The Labute approximate surface area is 203 Å². The smallest absolute Gasteiger partial charge is 0.280 e. The monoisotopic (exact) mass is 483 g/mol. The van der Waals surface area contributed by atoms with Crippen LogP contribution in [0.15, 0.2) is 35.4 Å². The van der Waals surface area contributed by atoms with Gasteiger partial charge >= 0.3 is 0 Å². The molecule has 1 fully saturated rings. The molecule has 35 heavy (non-hydrogen) atoms. The van der Waals surface area contributed by atoms with E-state index in [1.807, 2.05) is 0 Å². The van der Waals surface area contributed by atoms with Crippen molar-refractivity contribution in [3.8, 4) is 6.07 Å². The maximum Gasteiger partial charge on any atom is 0.280 e. The molecule has 1 aliphatic rings. The number of nitriles is 1. The third-order valence-corrected chi connectivity index (χ3v) is 7.17. The number of rotatable bonds is 7. The van der Waals surface area contributed by atoms with Gasteiger partial charge in [0.2, 0.25) is 0 Å². The first-order valence-corrected chi connectivity index (χ1v) is 12.0. The number of anilines is 1. The molecule has 0 aliphatic carbocycles. The highest BCUT2D eigenvalue weighted by Gasteiger charge is 2.36. The summed E-state index contributed by atoms with van der Waals surface area (Å²) in [7, 11) is 1.71. The normalized spacial score (nSPS) is 19.9. The SMILES string of the molecule is CC[C@H]1CN(C(C)c2ccc(C(F)F)nc2)[C@H](CC)CN1c1cc(=O)n(C)c2cn(CC#N)nc12. The standard InChI is InChI=1S/C25H31F2N7O/c1-5-18-14-34(21-11-23(35)31(4)22-15-32(10-9-28)30-24(21)22)19(6-2)13-33(18)16(3)17-7-8-20(25(26)27)29-12-17/h7-8,11-12,15-16,18-19,25H,5-6,10,13-14H2,1-4H3/t16?,18-,19+/m1/s1. The van der Waals surface area contributed by atoms with Crippen LogP contribution in [0.5, 0.6) is 0 Å². The lowest BCUT2D eigenvalue weighted by atomic mass is 9.97. The number of pyridine rings is 2. The molecule has 8 nitrogen and oxygen atoms in total. The zero-order valence-electron chi connectivity index (χ0n) is 20.5. The molecule has 1 saturated heterocycles. The zero-order chi connectivity index (χ0) is 25.3. The molecule has 1 unspecified atom stereocenters. The molecule has 0 amide bonds. The van der Waals surface area contributed by atoms with E-state index in [1.54, 1.807) is 40.8 Å². The molecule has 0 N–H and O–H groups in total. The van der Waals surface area contributed by atoms with Crippen LogP contribution >= 0.6 is 0 Å². The van der Waals surface area contributed by atoms with E-state index < -0.39 is 6.43 Å². The minimum absolute atomic E-state index is 0.00821. The number of nitrogens with zero attached hydrogens (tertiary/aromatic N) is 7. The van der Waals surface area contributed by atoms with E-state index in [1.165, 1.54) is 6.07 Å². The Kier molecular flexibility index (Phi) is 7.17. The Morgan fingerprint density at radius 2 is 1.94 bits per heavy atom. The number of hydrogen-bond acceptors (Lipinski definition) is 6. The highest BCUT2D eigenvalue weighted by Crippen LogP contribution is 2.34. The summed E-state index contributed by atoms with van der Waals surface area (Å²) < 4.78 is 29.0. The predicted octanol–water partition coefficient (Wildman–Crippen LogP) is 4.03. The minimum Gasteiger partial charge on any atom is -0.364 e. The van der Waals surface area contributed by atoms with E-state index in [0.717, 1.165) is 30.6 Å². The second kappa shape index (κ2) is 10.1. The van der Waals surface area contributed by atoms with Gasteiger partial charge in [-0.15, -0.1) is 0 Å². The first-order valence-electron chi connectivity index (χ1n) is 12.0. The van der Waals surface area contributed by atoms with Crippen molar-refractivity contribution in [2.45, 2.75) is 64.7 Å². The van der Waals surface area contributed by atoms with Crippen LogP contribution in [-0.2, 0) is 13.6 Å². The molecule has 4 rings (SSSR count). The van der Waals surface area contributed by atoms with Gasteiger partial charge in [0.25, 0.3) is 12.0 Å². The lowest BCUT2D eigenvalue weighted by Gasteiger charge is -2.49. The molecule has 3 aromatic rings. The Morgan fingerprint density at radius 1 is 1.20 bits per heavy atom. The second-order valence-electron chi connectivity index (χ2n) is 9.11. The number of aromatic nitrogens is 4. The van der Waals surface area contributed by atoms with Crippen molar-refractivity contribution in [1.82, 2.24) is 24.2 Å². The minimum atomic E-state index is -2.58. The summed E-state index contributed by atoms with van der Waals surface area (Å²) >= 11 is 0. The van der Waals surface area contributed by atoms with Crippen LogP contribution in [0, 0.1) is 11.3 Å². The van der Waals surface area contributed by atoms with Gasteiger partial charge in [-0.3, -0.25) is 19.4 Å². The van der Waals surface area contributed by atoms with Crippen molar-refractivity contribution in [3.63, 3.8) is 0 Å². The van der Waals surface area contributed by atoms with Gasteiger partial charge in [-0.2, -0.15) is 10.4 Å². The topological polar surface area (TPSA) is 83.0 Å². The highest BCUT2D eigenvalue weighted by molar-refractivity contribution is 5.88. The fourth-order valence-corrected chi connectivity index (χ4v) is 5.05. The van der Waals surface area contributed by atoms with Gasteiger partial charge in [-0.05, 0) is 31.4 Å². The molecular weight excluding hydrogens is 452 g/mol. The van der Waals surface area contributed by atoms with Gasteiger partial charge in [0.15, 0.2) is 0 Å². The number of alkyl halides is 2. The van der Waals surface area contributed by atoms with Crippen molar-refractivity contribution in [3.05, 3.63) is 52.2 Å². The average Bonchev–Trinajstić information content (AvgIpc) is 3.29. The van der Waals surface area contributed by atoms with E-state index in [0.29, 0.717) is 17.6 Å². The second-order valence-corrected chi connectivity index (χ2v) is 9.11. The van der Waals surface area contributed by atoms with Crippen molar-refractivity contribution < 1.29 is 8.78 Å². The molecule has 10 heteroatoms. The van der Waals surface area contributed by atoms with Gasteiger partial charge in [0.1, 0.15) is 17.8 Å². The number of aryl methyl sites for hydroxylation is 1. The molecule has 0 radical (unpaired) electrons. The Bertz CT molecular complexity index is 1280. The average molecular weight is 484 g/mol. The van der Waals surface area contributed by atoms with Crippen LogP contribution < -0.4 is 10.5 Å². The predicted molar refractivity (Wildman–Crippen MR) is 130 cm³/mol. The number of hydrogen-bond donors (Lipinski definition) is 0. The lowest BCUT2D eigenvalue weighted by Crippen LogP contribution is -2.58. The van der Waals surface area contributed by atoms with Gasteiger partial charge in [0, 0.05) is 50.5 Å². The fraction of sp³-hybridized carbons (Fsp3) is 0.520. The van der Waals surface area contributed by atoms with E-state index in [2.05, 4.69) is 46.7 Å². The van der Waals surface area contributed by atoms with Crippen LogP contribution in [0.2, 0.25) is 0 Å². The number of fused-ring (bicyclic) bond motifs is 1. The number of piperazine rings is 1. The Morgan fingerprint density at radius 3 is 2.54 bits per heavy atom. The summed E-state index contributed by atoms with van der Waals surface area (Å²) in [6, 6.07) is 7.21. The molecule has 0 saturated carbocycles. The van der Waals surface area contributed by atoms with Gasteiger partial charge in [-0.1, -0.05) is 19.9 Å². The van der Waals surface area contributed by atoms with Gasteiger partial charge in [-0.25, -0.2) is 8.78 Å². The van der Waals surface area contributed by atoms with Crippen LogP contribution in [-0.4, -0.2) is 49.4 Å². The van der Waals surface area contributed by atoms with Crippen LogP contribution in [0.1, 0.15) is 57.3 Å². The first-order chi connectivity index (χ1) is 16.8. The molecule has 3 aromatic heterocycles. The molecule has 4 heterocycles. The van der Waals surface area contributed by atoms with E-state index in [9.17, 15) is 13.6 Å². The summed E-state index contributed by atoms with van der Waals surface area (Å²) in [6.45, 7) is 7.91. The summed E-state index contributed by atoms with van der Waals surface area (Å²) in [6.07, 6.45) is 2.46. The molecular formula is C25H31F2N7O. The van der Waals surface area contributed by atoms with Crippen LogP contribution in [0.25, 0.3) is 11.0 Å². The maximum atomic E-state index is 13.0. The van der Waals surface area contributed by atoms with E-state index in [-0.39, 0.29) is 35.9 Å². The molecule has 0 bridgehead atoms. The van der Waals surface area contributed by atoms with Crippen LogP contribution in [0.4, 0.5) is 14.5 Å². The Hall–Kier alpha value is -3.32. The summed E-state index contributed by atoms with van der Waals surface area (Å²) in [4.78, 5) is 21.5. The van der Waals surface area contributed by atoms with Crippen molar-refractivity contribution in [1.29, 1.82) is 5.26 Å². The van der Waals surface area contributed by atoms with Gasteiger partial charge in [0.05, 0.1) is 23.5 Å². The fourth-order valence-electron chi connectivity index (χ4n) is 5.05. The quantitative estimate of drug-likeness (QED) is 0.505. The van der Waals surface area contributed by atoms with E-state index >= 15 is 0 Å². The van der Waals surface area contributed by atoms with E-state index in [4.69, 9.17) is 5.26 Å². The van der Waals surface area contributed by atoms with Gasteiger partial charge < -0.3 is 9.47 Å². The van der Waals surface area contributed by atoms with Crippen molar-refractivity contribution in [2.75, 3.05) is 18.0 Å². The maximum absolute atomic E-state index is 13.0. The lowest BCUT2D eigenvalue weighted by molar-refractivity contribution is 0.101. The first kappa shape index (κ1) is 24.8. The largest absolute Gasteiger partial charge is 0.364 e. The molecule has 3 atom stereocenters. The molecule has 186 valence electrons. The molecule has 1 aliphatic heterocycles. The van der Waals surface area contributed by atoms with Crippen molar-refractivity contribution >= 4 is 16.7 Å². The Balaban J connectivity index is 1.69. The highest BCUT2D eigenvalue weighted by atomic mass is 19.3. The summed E-state index contributed by atoms with van der Waals surface area (Å²) in [5, 5.41) is 13.7.